The van der Waals surface area contributed by atoms with Crippen LogP contribution in [0.2, 0.25) is 5.02 Å². The maximum absolute atomic E-state index is 14.4. The Morgan fingerprint density at radius 1 is 1.20 bits per heavy atom. The third-order valence-electron chi connectivity index (χ3n) is 3.45. The number of rotatable bonds is 4. The van der Waals surface area contributed by atoms with Crippen LogP contribution in [-0.2, 0) is 0 Å². The van der Waals surface area contributed by atoms with E-state index in [2.05, 4.69) is 15.3 Å². The first-order valence-corrected chi connectivity index (χ1v) is 7.68. The second-order valence-corrected chi connectivity index (χ2v) is 5.48. The number of amides is 1. The first-order chi connectivity index (χ1) is 12.1. The molecule has 2 heterocycles. The summed E-state index contributed by atoms with van der Waals surface area (Å²) in [4.78, 5) is 20.4. The van der Waals surface area contributed by atoms with E-state index in [-0.39, 0.29) is 5.56 Å². The molecule has 0 aliphatic carbocycles. The summed E-state index contributed by atoms with van der Waals surface area (Å²) in [7, 11) is 1.49. The molecule has 3 rings (SSSR count). The largest absolute Gasteiger partial charge is 0.481 e. The molecule has 5 nitrogen and oxygen atoms in total. The maximum Gasteiger partial charge on any atom is 0.258 e. The molecule has 0 saturated heterocycles. The molecule has 0 atom stereocenters. The minimum atomic E-state index is -0.668. The van der Waals surface area contributed by atoms with E-state index < -0.39 is 11.7 Å². The van der Waals surface area contributed by atoms with Gasteiger partial charge in [-0.05, 0) is 30.3 Å². The summed E-state index contributed by atoms with van der Waals surface area (Å²) in [6.45, 7) is 0. The van der Waals surface area contributed by atoms with Crippen molar-refractivity contribution in [3.63, 3.8) is 0 Å². The van der Waals surface area contributed by atoms with E-state index in [0.717, 1.165) is 0 Å². The van der Waals surface area contributed by atoms with E-state index in [1.54, 1.807) is 36.5 Å². The van der Waals surface area contributed by atoms with Gasteiger partial charge in [0.05, 0.1) is 35.3 Å². The molecule has 1 amide bonds. The van der Waals surface area contributed by atoms with Gasteiger partial charge in [0, 0.05) is 17.8 Å². The number of methoxy groups -OCH3 is 1. The summed E-state index contributed by atoms with van der Waals surface area (Å²) >= 11 is 6.06. The predicted molar refractivity (Wildman–Crippen MR) is 93.4 cm³/mol. The zero-order valence-electron chi connectivity index (χ0n) is 13.2. The van der Waals surface area contributed by atoms with Gasteiger partial charge in [-0.3, -0.25) is 9.78 Å². The molecule has 1 N–H and O–H groups in total. The number of aromatic nitrogens is 2. The smallest absolute Gasteiger partial charge is 0.258 e. The standard InChI is InChI=1S/C18H13ClFN3O2/c1-25-16-7-5-12(10-22-16)23-18(24)13-6-4-11(9-15(13)20)17-14(19)3-2-8-21-17/h2-10H,1H3,(H,23,24). The summed E-state index contributed by atoms with van der Waals surface area (Å²) in [5.74, 6) is -0.831. The van der Waals surface area contributed by atoms with Crippen LogP contribution in [0.5, 0.6) is 5.88 Å². The van der Waals surface area contributed by atoms with Gasteiger partial charge in [-0.25, -0.2) is 9.37 Å². The SMILES string of the molecule is COc1ccc(NC(=O)c2ccc(-c3ncccc3Cl)cc2F)cn1. The zero-order chi connectivity index (χ0) is 17.8. The maximum atomic E-state index is 14.4. The molecule has 0 fully saturated rings. The Labute approximate surface area is 148 Å². The second kappa shape index (κ2) is 7.27. The molecule has 1 aromatic carbocycles. The van der Waals surface area contributed by atoms with Crippen molar-refractivity contribution in [1.82, 2.24) is 9.97 Å². The number of benzene rings is 1. The first-order valence-electron chi connectivity index (χ1n) is 7.30. The number of hydrogen-bond donors (Lipinski definition) is 1. The van der Waals surface area contributed by atoms with E-state index in [9.17, 15) is 9.18 Å². The molecule has 3 aromatic rings. The van der Waals surface area contributed by atoms with E-state index in [1.807, 2.05) is 0 Å². The lowest BCUT2D eigenvalue weighted by Gasteiger charge is -2.08. The lowest BCUT2D eigenvalue weighted by molar-refractivity contribution is 0.102. The minimum absolute atomic E-state index is 0.0911. The van der Waals surface area contributed by atoms with E-state index in [4.69, 9.17) is 16.3 Å². The van der Waals surface area contributed by atoms with Gasteiger partial charge < -0.3 is 10.1 Å². The molecule has 0 saturated carbocycles. The van der Waals surface area contributed by atoms with Crippen molar-refractivity contribution in [2.75, 3.05) is 12.4 Å². The minimum Gasteiger partial charge on any atom is -0.481 e. The topological polar surface area (TPSA) is 64.1 Å². The monoisotopic (exact) mass is 357 g/mol. The van der Waals surface area contributed by atoms with Gasteiger partial charge >= 0.3 is 0 Å². The van der Waals surface area contributed by atoms with Crippen LogP contribution < -0.4 is 10.1 Å². The Morgan fingerprint density at radius 2 is 2.04 bits per heavy atom. The summed E-state index contributed by atoms with van der Waals surface area (Å²) in [6, 6.07) is 10.8. The molecule has 0 spiro atoms. The first kappa shape index (κ1) is 16.9. The van der Waals surface area contributed by atoms with Gasteiger partial charge in [-0.15, -0.1) is 0 Å². The molecule has 0 aliphatic heterocycles. The fraction of sp³-hybridized carbons (Fsp3) is 0.0556. The summed E-state index contributed by atoms with van der Waals surface area (Å²) in [6.07, 6.45) is 2.99. The van der Waals surface area contributed by atoms with Crippen molar-refractivity contribution in [3.05, 3.63) is 71.3 Å². The number of halogens is 2. The third kappa shape index (κ3) is 3.75. The summed E-state index contributed by atoms with van der Waals surface area (Å²) in [5.41, 5.74) is 1.29. The molecule has 2 aromatic heterocycles. The Balaban J connectivity index is 1.82. The number of nitrogens with zero attached hydrogens (tertiary/aromatic N) is 2. The summed E-state index contributed by atoms with van der Waals surface area (Å²) < 4.78 is 19.3. The van der Waals surface area contributed by atoms with Crippen LogP contribution in [0.25, 0.3) is 11.3 Å². The number of carbonyl (C=O) groups excluding carboxylic acids is 1. The fourth-order valence-corrected chi connectivity index (χ4v) is 2.45. The van der Waals surface area contributed by atoms with Crippen molar-refractivity contribution in [2.45, 2.75) is 0 Å². The highest BCUT2D eigenvalue weighted by molar-refractivity contribution is 6.33. The van der Waals surface area contributed by atoms with E-state index in [1.165, 1.54) is 25.4 Å². The van der Waals surface area contributed by atoms with Gasteiger partial charge in [0.25, 0.3) is 5.91 Å². The van der Waals surface area contributed by atoms with Crippen LogP contribution in [0.15, 0.2) is 54.9 Å². The predicted octanol–water partition coefficient (Wildman–Crippen LogP) is 4.20. The number of pyridine rings is 2. The lowest BCUT2D eigenvalue weighted by Crippen LogP contribution is -2.14. The summed E-state index contributed by atoms with van der Waals surface area (Å²) in [5, 5.41) is 2.99. The molecule has 0 radical (unpaired) electrons. The Hall–Kier alpha value is -2.99. The van der Waals surface area contributed by atoms with Crippen LogP contribution >= 0.6 is 11.6 Å². The number of anilines is 1. The highest BCUT2D eigenvalue weighted by atomic mass is 35.5. The molecule has 0 bridgehead atoms. The fourth-order valence-electron chi connectivity index (χ4n) is 2.22. The average molecular weight is 358 g/mol. The van der Waals surface area contributed by atoms with Crippen LogP contribution in [0, 0.1) is 5.82 Å². The highest BCUT2D eigenvalue weighted by Gasteiger charge is 2.14. The Morgan fingerprint density at radius 3 is 2.68 bits per heavy atom. The Kier molecular flexibility index (Phi) is 4.90. The van der Waals surface area contributed by atoms with Crippen molar-refractivity contribution in [3.8, 4) is 17.1 Å². The van der Waals surface area contributed by atoms with Crippen LogP contribution in [0.4, 0.5) is 10.1 Å². The number of hydrogen-bond acceptors (Lipinski definition) is 4. The van der Waals surface area contributed by atoms with Gasteiger partial charge in [-0.2, -0.15) is 0 Å². The second-order valence-electron chi connectivity index (χ2n) is 5.07. The normalized spacial score (nSPS) is 10.4. The van der Waals surface area contributed by atoms with Crippen LogP contribution in [0.3, 0.4) is 0 Å². The van der Waals surface area contributed by atoms with E-state index >= 15 is 0 Å². The quantitative estimate of drug-likeness (QED) is 0.760. The van der Waals surface area contributed by atoms with Crippen molar-refractivity contribution < 1.29 is 13.9 Å². The lowest BCUT2D eigenvalue weighted by atomic mass is 10.1. The highest BCUT2D eigenvalue weighted by Crippen LogP contribution is 2.27. The van der Waals surface area contributed by atoms with Crippen LogP contribution in [-0.4, -0.2) is 23.0 Å². The molecule has 25 heavy (non-hydrogen) atoms. The molecule has 0 unspecified atom stereocenters. The van der Waals surface area contributed by atoms with Crippen LogP contribution in [0.1, 0.15) is 10.4 Å². The van der Waals surface area contributed by atoms with Gasteiger partial charge in [0.1, 0.15) is 5.82 Å². The van der Waals surface area contributed by atoms with Crippen molar-refractivity contribution in [2.24, 2.45) is 0 Å². The molecule has 0 aliphatic rings. The van der Waals surface area contributed by atoms with Crippen molar-refractivity contribution in [1.29, 1.82) is 0 Å². The van der Waals surface area contributed by atoms with Gasteiger partial charge in [-0.1, -0.05) is 17.7 Å². The number of ether oxygens (including phenoxy) is 1. The molecule has 7 heteroatoms. The van der Waals surface area contributed by atoms with Gasteiger partial charge in [0.15, 0.2) is 0 Å². The molecular formula is C18H13ClFN3O2. The average Bonchev–Trinajstić information content (AvgIpc) is 2.62. The van der Waals surface area contributed by atoms with Crippen molar-refractivity contribution >= 4 is 23.2 Å². The molecule has 126 valence electrons. The molecular weight excluding hydrogens is 345 g/mol. The Bertz CT molecular complexity index is 916. The number of carbonyl (C=O) groups is 1. The van der Waals surface area contributed by atoms with Gasteiger partial charge in [0.2, 0.25) is 5.88 Å². The number of nitrogens with one attached hydrogen (secondary N) is 1. The third-order valence-corrected chi connectivity index (χ3v) is 3.75. The van der Waals surface area contributed by atoms with E-state index in [0.29, 0.717) is 27.8 Å². The zero-order valence-corrected chi connectivity index (χ0v) is 13.9.